The topological polar surface area (TPSA) is 56.1 Å². The van der Waals surface area contributed by atoms with Gasteiger partial charge in [-0.15, -0.1) is 0 Å². The van der Waals surface area contributed by atoms with Gasteiger partial charge in [-0.3, -0.25) is 9.48 Å². The number of hydrogen-bond acceptors (Lipinski definition) is 3. The fourth-order valence-corrected chi connectivity index (χ4v) is 2.41. The van der Waals surface area contributed by atoms with E-state index < -0.39 is 0 Å². The number of aromatic nitrogens is 2. The van der Waals surface area contributed by atoms with Crippen molar-refractivity contribution in [2.75, 3.05) is 11.9 Å². The number of carbonyl (C=O) groups is 1. The quantitative estimate of drug-likeness (QED) is 0.755. The van der Waals surface area contributed by atoms with Gasteiger partial charge in [0.05, 0.1) is 18.7 Å². The van der Waals surface area contributed by atoms with Gasteiger partial charge in [0.1, 0.15) is 5.75 Å². The third-order valence-corrected chi connectivity index (χ3v) is 3.50. The van der Waals surface area contributed by atoms with Gasteiger partial charge >= 0.3 is 0 Å². The van der Waals surface area contributed by atoms with Crippen LogP contribution in [0.1, 0.15) is 22.8 Å². The summed E-state index contributed by atoms with van der Waals surface area (Å²) in [7, 11) is 0. The highest BCUT2D eigenvalue weighted by Gasteiger charge is 2.13. The number of amides is 1. The molecule has 1 N–H and O–H groups in total. The van der Waals surface area contributed by atoms with Gasteiger partial charge in [0.25, 0.3) is 5.91 Å². The number of nitrogens with one attached hydrogen (secondary N) is 1. The summed E-state index contributed by atoms with van der Waals surface area (Å²) in [6.45, 7) is 3.06. The normalized spacial score (nSPS) is 10.4. The number of para-hydroxylation sites is 1. The van der Waals surface area contributed by atoms with E-state index in [0.717, 1.165) is 5.56 Å². The van der Waals surface area contributed by atoms with E-state index in [9.17, 15) is 4.79 Å². The van der Waals surface area contributed by atoms with Gasteiger partial charge in [-0.1, -0.05) is 42.5 Å². The first-order chi connectivity index (χ1) is 11.8. The maximum Gasteiger partial charge on any atom is 0.260 e. The van der Waals surface area contributed by atoms with Crippen LogP contribution in [0.4, 0.5) is 5.82 Å². The molecular formula is C19H19N3O2. The molecule has 0 fully saturated rings. The average Bonchev–Trinajstić information content (AvgIpc) is 3.03. The zero-order valence-corrected chi connectivity index (χ0v) is 13.5. The predicted octanol–water partition coefficient (Wildman–Crippen LogP) is 3.58. The molecule has 3 rings (SSSR count). The van der Waals surface area contributed by atoms with Crippen molar-refractivity contribution >= 4 is 11.7 Å². The summed E-state index contributed by atoms with van der Waals surface area (Å²) in [5, 5.41) is 7.20. The summed E-state index contributed by atoms with van der Waals surface area (Å²) in [6, 6.07) is 19.0. The van der Waals surface area contributed by atoms with Crippen LogP contribution in [-0.4, -0.2) is 22.3 Å². The highest BCUT2D eigenvalue weighted by molar-refractivity contribution is 6.05. The third kappa shape index (κ3) is 3.81. The molecule has 0 bridgehead atoms. The van der Waals surface area contributed by atoms with Crippen LogP contribution in [-0.2, 0) is 6.54 Å². The minimum Gasteiger partial charge on any atom is -0.493 e. The van der Waals surface area contributed by atoms with Crippen LogP contribution in [0.15, 0.2) is 66.9 Å². The van der Waals surface area contributed by atoms with Gasteiger partial charge in [0.2, 0.25) is 0 Å². The lowest BCUT2D eigenvalue weighted by Crippen LogP contribution is -2.14. The first-order valence-electron chi connectivity index (χ1n) is 7.87. The molecule has 0 saturated heterocycles. The van der Waals surface area contributed by atoms with E-state index in [-0.39, 0.29) is 5.91 Å². The van der Waals surface area contributed by atoms with E-state index in [1.807, 2.05) is 55.6 Å². The smallest absolute Gasteiger partial charge is 0.260 e. The lowest BCUT2D eigenvalue weighted by Gasteiger charge is -2.09. The second-order valence-corrected chi connectivity index (χ2v) is 5.27. The average molecular weight is 321 g/mol. The van der Waals surface area contributed by atoms with Gasteiger partial charge in [-0.2, -0.15) is 5.10 Å². The lowest BCUT2D eigenvalue weighted by molar-refractivity contribution is 0.102. The Morgan fingerprint density at radius 1 is 1.08 bits per heavy atom. The van der Waals surface area contributed by atoms with Crippen molar-refractivity contribution < 1.29 is 9.53 Å². The van der Waals surface area contributed by atoms with Crippen molar-refractivity contribution in [2.45, 2.75) is 13.5 Å². The summed E-state index contributed by atoms with van der Waals surface area (Å²) >= 11 is 0. The fraction of sp³-hybridized carbons (Fsp3) is 0.158. The standard InChI is InChI=1S/C19H19N3O2/c1-2-24-17-11-7-6-10-16(17)19(23)20-18-12-13-22(21-18)14-15-8-4-3-5-9-15/h3-13H,2,14H2,1H3,(H,20,21,23). The van der Waals surface area contributed by atoms with Crippen molar-refractivity contribution in [1.82, 2.24) is 9.78 Å². The van der Waals surface area contributed by atoms with E-state index >= 15 is 0 Å². The first kappa shape index (κ1) is 15.8. The van der Waals surface area contributed by atoms with Gasteiger partial charge in [0.15, 0.2) is 5.82 Å². The monoisotopic (exact) mass is 321 g/mol. The summed E-state index contributed by atoms with van der Waals surface area (Å²) in [5.41, 5.74) is 1.65. The maximum absolute atomic E-state index is 12.4. The molecule has 3 aromatic rings. The molecule has 0 spiro atoms. The number of carbonyl (C=O) groups excluding carboxylic acids is 1. The van der Waals surface area contributed by atoms with Crippen LogP contribution < -0.4 is 10.1 Å². The van der Waals surface area contributed by atoms with Crippen LogP contribution in [0, 0.1) is 0 Å². The molecule has 1 aromatic heterocycles. The van der Waals surface area contributed by atoms with E-state index in [1.165, 1.54) is 0 Å². The molecule has 24 heavy (non-hydrogen) atoms. The Kier molecular flexibility index (Phi) is 4.91. The predicted molar refractivity (Wildman–Crippen MR) is 93.3 cm³/mol. The Bertz CT molecular complexity index is 812. The molecule has 122 valence electrons. The van der Waals surface area contributed by atoms with Crippen LogP contribution >= 0.6 is 0 Å². The van der Waals surface area contributed by atoms with Crippen LogP contribution in [0.3, 0.4) is 0 Å². The van der Waals surface area contributed by atoms with Crippen LogP contribution in [0.2, 0.25) is 0 Å². The van der Waals surface area contributed by atoms with Crippen molar-refractivity contribution in [1.29, 1.82) is 0 Å². The number of rotatable bonds is 6. The Hall–Kier alpha value is -3.08. The number of hydrogen-bond donors (Lipinski definition) is 1. The number of nitrogens with zero attached hydrogens (tertiary/aromatic N) is 2. The molecule has 2 aromatic carbocycles. The number of anilines is 1. The molecule has 1 heterocycles. The summed E-state index contributed by atoms with van der Waals surface area (Å²) in [4.78, 5) is 12.4. The Labute approximate surface area is 140 Å². The van der Waals surface area contributed by atoms with Gasteiger partial charge < -0.3 is 10.1 Å². The van der Waals surface area contributed by atoms with E-state index in [1.54, 1.807) is 22.9 Å². The lowest BCUT2D eigenvalue weighted by atomic mass is 10.2. The molecular weight excluding hydrogens is 302 g/mol. The Balaban J connectivity index is 1.69. The number of ether oxygens (including phenoxy) is 1. The molecule has 0 radical (unpaired) electrons. The Morgan fingerprint density at radius 3 is 2.62 bits per heavy atom. The number of benzene rings is 2. The molecule has 1 amide bonds. The molecule has 0 saturated carbocycles. The second kappa shape index (κ2) is 7.46. The van der Waals surface area contributed by atoms with Crippen molar-refractivity contribution in [2.24, 2.45) is 0 Å². The van der Waals surface area contributed by atoms with Crippen LogP contribution in [0.25, 0.3) is 0 Å². The molecule has 0 atom stereocenters. The van der Waals surface area contributed by atoms with Gasteiger partial charge in [-0.05, 0) is 24.6 Å². The first-order valence-corrected chi connectivity index (χ1v) is 7.87. The van der Waals surface area contributed by atoms with Gasteiger partial charge in [-0.25, -0.2) is 0 Å². The van der Waals surface area contributed by atoms with E-state index in [4.69, 9.17) is 4.74 Å². The molecule has 0 aliphatic heterocycles. The molecule has 0 aliphatic rings. The zero-order chi connectivity index (χ0) is 16.8. The van der Waals surface area contributed by atoms with Crippen LogP contribution in [0.5, 0.6) is 5.75 Å². The largest absolute Gasteiger partial charge is 0.493 e. The zero-order valence-electron chi connectivity index (χ0n) is 13.5. The second-order valence-electron chi connectivity index (χ2n) is 5.27. The molecule has 5 heteroatoms. The van der Waals surface area contributed by atoms with Crippen molar-refractivity contribution in [3.63, 3.8) is 0 Å². The van der Waals surface area contributed by atoms with Crippen molar-refractivity contribution in [3.05, 3.63) is 78.0 Å². The third-order valence-electron chi connectivity index (χ3n) is 3.50. The maximum atomic E-state index is 12.4. The fourth-order valence-electron chi connectivity index (χ4n) is 2.41. The minimum absolute atomic E-state index is 0.232. The van der Waals surface area contributed by atoms with Crippen molar-refractivity contribution in [3.8, 4) is 5.75 Å². The molecule has 0 aliphatic carbocycles. The molecule has 5 nitrogen and oxygen atoms in total. The summed E-state index contributed by atoms with van der Waals surface area (Å²) < 4.78 is 7.28. The highest BCUT2D eigenvalue weighted by Crippen LogP contribution is 2.19. The highest BCUT2D eigenvalue weighted by atomic mass is 16.5. The Morgan fingerprint density at radius 2 is 1.83 bits per heavy atom. The summed E-state index contributed by atoms with van der Waals surface area (Å²) in [6.07, 6.45) is 1.84. The van der Waals surface area contributed by atoms with E-state index in [2.05, 4.69) is 10.4 Å². The summed E-state index contributed by atoms with van der Waals surface area (Å²) in [5.74, 6) is 0.854. The minimum atomic E-state index is -0.232. The van der Waals surface area contributed by atoms with E-state index in [0.29, 0.717) is 30.3 Å². The SMILES string of the molecule is CCOc1ccccc1C(=O)Nc1ccn(Cc2ccccc2)n1. The van der Waals surface area contributed by atoms with Gasteiger partial charge in [0, 0.05) is 12.3 Å². The molecule has 0 unspecified atom stereocenters.